The van der Waals surface area contributed by atoms with Crippen molar-refractivity contribution >= 4 is 11.3 Å². The summed E-state index contributed by atoms with van der Waals surface area (Å²) in [4.78, 5) is 6.66. The van der Waals surface area contributed by atoms with Crippen LogP contribution in [0, 0.1) is 35.3 Å². The summed E-state index contributed by atoms with van der Waals surface area (Å²) in [7, 11) is 0. The Morgan fingerprint density at radius 2 is 2.06 bits per heavy atom. The summed E-state index contributed by atoms with van der Waals surface area (Å²) in [6.07, 6.45) is 12.0. The largest absolute Gasteiger partial charge is 0.371 e. The summed E-state index contributed by atoms with van der Waals surface area (Å²) in [5, 5.41) is 7.99. The second-order valence-electron chi connectivity index (χ2n) is 7.78. The van der Waals surface area contributed by atoms with Crippen molar-refractivity contribution in [1.82, 2.24) is 9.88 Å². The van der Waals surface area contributed by atoms with Crippen LogP contribution in [0.3, 0.4) is 0 Å². The number of piperidine rings is 1. The van der Waals surface area contributed by atoms with Crippen LogP contribution in [-0.2, 0) is 12.8 Å². The molecule has 0 saturated carbocycles. The lowest BCUT2D eigenvalue weighted by Crippen LogP contribution is -2.34. The van der Waals surface area contributed by atoms with Crippen LogP contribution in [0.2, 0.25) is 0 Å². The number of halogens is 2. The van der Waals surface area contributed by atoms with Crippen molar-refractivity contribution in [2.24, 2.45) is 5.92 Å². The Labute approximate surface area is 183 Å². The summed E-state index contributed by atoms with van der Waals surface area (Å²) in [6.45, 7) is 7.90. The van der Waals surface area contributed by atoms with Gasteiger partial charge in [-0.15, -0.1) is 6.42 Å². The van der Waals surface area contributed by atoms with Crippen molar-refractivity contribution < 1.29 is 8.78 Å². The standard InChI is InChI=1S/C26H27F2N3/c1-4-22(29)17-24(23-7-6-12-30-26(23)5-2)18(3)31-13-10-19(11-14-31)15-20-8-9-21(27)16-25(20)28/h1,6-9,12,16-17,19,29H,3,5,10-11,13-15H2,2H3/b24-17+,29-22?. The lowest BCUT2D eigenvalue weighted by Gasteiger charge is -2.36. The second kappa shape index (κ2) is 10.2. The van der Waals surface area contributed by atoms with E-state index in [0.717, 1.165) is 60.9 Å². The summed E-state index contributed by atoms with van der Waals surface area (Å²) in [6, 6.07) is 7.65. The van der Waals surface area contributed by atoms with Crippen molar-refractivity contribution in [3.8, 4) is 12.3 Å². The zero-order valence-electron chi connectivity index (χ0n) is 17.8. The van der Waals surface area contributed by atoms with E-state index in [4.69, 9.17) is 11.8 Å². The van der Waals surface area contributed by atoms with E-state index in [-0.39, 0.29) is 5.71 Å². The molecule has 0 unspecified atom stereocenters. The number of hydrogen-bond donors (Lipinski definition) is 1. The molecule has 0 aliphatic carbocycles. The molecule has 31 heavy (non-hydrogen) atoms. The molecule has 3 rings (SSSR count). The monoisotopic (exact) mass is 419 g/mol. The van der Waals surface area contributed by atoms with Gasteiger partial charge < -0.3 is 4.90 Å². The molecule has 0 amide bonds. The molecular weight excluding hydrogens is 392 g/mol. The normalized spacial score (nSPS) is 14.9. The van der Waals surface area contributed by atoms with Crippen LogP contribution in [0.5, 0.6) is 0 Å². The van der Waals surface area contributed by atoms with Gasteiger partial charge in [0.05, 0.1) is 0 Å². The number of allylic oxidation sites excluding steroid dienone is 2. The third-order valence-corrected chi connectivity index (χ3v) is 5.79. The Hall–Kier alpha value is -3.26. The molecule has 1 aromatic heterocycles. The van der Waals surface area contributed by atoms with Crippen LogP contribution in [0.15, 0.2) is 54.9 Å². The lowest BCUT2D eigenvalue weighted by atomic mass is 9.89. The van der Waals surface area contributed by atoms with E-state index in [0.29, 0.717) is 17.9 Å². The molecule has 160 valence electrons. The smallest absolute Gasteiger partial charge is 0.129 e. The van der Waals surface area contributed by atoms with E-state index in [1.807, 2.05) is 19.1 Å². The maximum Gasteiger partial charge on any atom is 0.129 e. The van der Waals surface area contributed by atoms with Crippen LogP contribution in [0.25, 0.3) is 5.57 Å². The molecule has 0 spiro atoms. The number of rotatable bonds is 7. The molecule has 1 N–H and O–H groups in total. The van der Waals surface area contributed by atoms with Crippen LogP contribution in [0.1, 0.15) is 36.6 Å². The van der Waals surface area contributed by atoms with Crippen molar-refractivity contribution in [3.63, 3.8) is 0 Å². The van der Waals surface area contributed by atoms with Gasteiger partial charge in [0.2, 0.25) is 0 Å². The third kappa shape index (κ3) is 5.46. The van der Waals surface area contributed by atoms with Crippen molar-refractivity contribution in [2.45, 2.75) is 32.6 Å². The SMILES string of the molecule is C#CC(=N)/C=C(\C(=C)N1CCC(Cc2ccc(F)cc2F)CC1)c1cccnc1CC. The molecule has 1 fully saturated rings. The van der Waals surface area contributed by atoms with Crippen LogP contribution in [0.4, 0.5) is 8.78 Å². The topological polar surface area (TPSA) is 40.0 Å². The average Bonchev–Trinajstić information content (AvgIpc) is 2.79. The maximum atomic E-state index is 14.0. The Morgan fingerprint density at radius 3 is 2.71 bits per heavy atom. The van der Waals surface area contributed by atoms with E-state index in [1.165, 1.54) is 12.1 Å². The van der Waals surface area contributed by atoms with Gasteiger partial charge in [-0.1, -0.05) is 31.6 Å². The van der Waals surface area contributed by atoms with E-state index in [9.17, 15) is 8.78 Å². The first-order chi connectivity index (χ1) is 14.9. The number of hydrogen-bond acceptors (Lipinski definition) is 3. The molecule has 3 nitrogen and oxygen atoms in total. The molecule has 2 aromatic rings. The number of aromatic nitrogens is 1. The average molecular weight is 420 g/mol. The number of likely N-dealkylation sites (tertiary alicyclic amines) is 1. The molecule has 1 aromatic carbocycles. The fourth-order valence-corrected chi connectivity index (χ4v) is 4.04. The Morgan fingerprint density at radius 1 is 1.32 bits per heavy atom. The van der Waals surface area contributed by atoms with Gasteiger partial charge in [-0.25, -0.2) is 8.78 Å². The van der Waals surface area contributed by atoms with Crippen LogP contribution < -0.4 is 0 Å². The summed E-state index contributed by atoms with van der Waals surface area (Å²) >= 11 is 0. The number of terminal acetylenes is 1. The van der Waals surface area contributed by atoms with Gasteiger partial charge in [0.1, 0.15) is 17.3 Å². The molecule has 0 atom stereocenters. The molecule has 0 bridgehead atoms. The second-order valence-corrected chi connectivity index (χ2v) is 7.78. The van der Waals surface area contributed by atoms with Gasteiger partial charge in [0.25, 0.3) is 0 Å². The summed E-state index contributed by atoms with van der Waals surface area (Å²) in [5.74, 6) is 1.66. The van der Waals surface area contributed by atoms with Gasteiger partial charge in [0, 0.05) is 47.9 Å². The highest BCUT2D eigenvalue weighted by Gasteiger charge is 2.24. The van der Waals surface area contributed by atoms with Gasteiger partial charge in [-0.05, 0) is 55.4 Å². The van der Waals surface area contributed by atoms with E-state index >= 15 is 0 Å². The lowest BCUT2D eigenvalue weighted by molar-refractivity contribution is 0.232. The molecule has 5 heteroatoms. The van der Waals surface area contributed by atoms with Gasteiger partial charge in [-0.3, -0.25) is 10.4 Å². The van der Waals surface area contributed by atoms with Gasteiger partial charge in [-0.2, -0.15) is 0 Å². The minimum absolute atomic E-state index is 0.0868. The highest BCUT2D eigenvalue weighted by Crippen LogP contribution is 2.31. The number of nitrogens with zero attached hydrogens (tertiary/aromatic N) is 2. The van der Waals surface area contributed by atoms with E-state index in [1.54, 1.807) is 12.3 Å². The number of nitrogens with one attached hydrogen (secondary N) is 1. The number of aryl methyl sites for hydroxylation is 1. The minimum atomic E-state index is -0.550. The Kier molecular flexibility index (Phi) is 7.36. The quantitative estimate of drug-likeness (QED) is 0.369. The fraction of sp³-hybridized carbons (Fsp3) is 0.308. The first-order valence-electron chi connectivity index (χ1n) is 10.5. The maximum absolute atomic E-state index is 14.0. The molecule has 1 saturated heterocycles. The highest BCUT2D eigenvalue weighted by atomic mass is 19.1. The predicted octanol–water partition coefficient (Wildman–Crippen LogP) is 5.43. The zero-order valence-corrected chi connectivity index (χ0v) is 17.8. The van der Waals surface area contributed by atoms with E-state index < -0.39 is 11.6 Å². The highest BCUT2D eigenvalue weighted by molar-refractivity contribution is 6.11. The summed E-state index contributed by atoms with van der Waals surface area (Å²) < 4.78 is 27.2. The number of pyridine rings is 1. The predicted molar refractivity (Wildman–Crippen MR) is 122 cm³/mol. The zero-order chi connectivity index (χ0) is 22.4. The molecule has 1 aliphatic rings. The van der Waals surface area contributed by atoms with E-state index in [2.05, 4.69) is 22.4 Å². The fourth-order valence-electron chi connectivity index (χ4n) is 4.04. The minimum Gasteiger partial charge on any atom is -0.371 e. The molecule has 2 heterocycles. The van der Waals surface area contributed by atoms with Crippen LogP contribution in [-0.4, -0.2) is 28.7 Å². The molecular formula is C26H27F2N3. The first-order valence-corrected chi connectivity index (χ1v) is 10.5. The van der Waals surface area contributed by atoms with Gasteiger partial charge in [0.15, 0.2) is 0 Å². The first kappa shape index (κ1) is 22.4. The molecule has 0 radical (unpaired) electrons. The van der Waals surface area contributed by atoms with Crippen molar-refractivity contribution in [3.05, 3.63) is 83.3 Å². The van der Waals surface area contributed by atoms with Gasteiger partial charge >= 0.3 is 0 Å². The summed E-state index contributed by atoms with van der Waals surface area (Å²) in [5.41, 5.74) is 4.14. The third-order valence-electron chi connectivity index (χ3n) is 5.79. The van der Waals surface area contributed by atoms with Crippen molar-refractivity contribution in [2.75, 3.05) is 13.1 Å². The Bertz CT molecular complexity index is 1040. The van der Waals surface area contributed by atoms with Crippen molar-refractivity contribution in [1.29, 1.82) is 5.41 Å². The Balaban J connectivity index is 1.74. The van der Waals surface area contributed by atoms with Crippen LogP contribution >= 0.6 is 0 Å². The number of benzene rings is 1. The molecule has 1 aliphatic heterocycles.